The van der Waals surface area contributed by atoms with Crippen LogP contribution in [0.25, 0.3) is 10.9 Å². The van der Waals surface area contributed by atoms with Crippen LogP contribution in [0.2, 0.25) is 0 Å². The number of hydrogen-bond acceptors (Lipinski definition) is 3. The summed E-state index contributed by atoms with van der Waals surface area (Å²) in [7, 11) is 0. The Morgan fingerprint density at radius 2 is 2.15 bits per heavy atom. The molecule has 1 atom stereocenters. The number of nitrogens with one attached hydrogen (secondary N) is 2. The predicted molar refractivity (Wildman–Crippen MR) is 76.8 cm³/mol. The quantitative estimate of drug-likeness (QED) is 0.820. The maximum atomic E-state index is 11.4. The molecule has 1 aliphatic rings. The Labute approximate surface area is 116 Å². The van der Waals surface area contributed by atoms with E-state index >= 15 is 0 Å². The number of ketones is 1. The van der Waals surface area contributed by atoms with Crippen LogP contribution >= 0.6 is 0 Å². The zero-order chi connectivity index (χ0) is 14.3. The number of hydrazone groups is 1. The number of amides is 1. The fraction of sp³-hybridized carbons (Fsp3) is 0.267. The number of H-pyrrole nitrogens is 1. The summed E-state index contributed by atoms with van der Waals surface area (Å²) < 4.78 is 0. The summed E-state index contributed by atoms with van der Waals surface area (Å²) in [5, 5.41) is 5.12. The third kappa shape index (κ3) is 2.11. The molecule has 1 aliphatic heterocycles. The van der Waals surface area contributed by atoms with Crippen molar-refractivity contribution in [1.29, 1.82) is 0 Å². The van der Waals surface area contributed by atoms with Gasteiger partial charge in [0.05, 0.1) is 11.4 Å². The number of carbonyl (C=O) groups excluding carboxylic acids is 2. The van der Waals surface area contributed by atoms with E-state index in [4.69, 9.17) is 0 Å². The van der Waals surface area contributed by atoms with Crippen molar-refractivity contribution in [2.75, 3.05) is 0 Å². The van der Waals surface area contributed by atoms with Gasteiger partial charge in [0, 0.05) is 30.2 Å². The number of nitrogens with zero attached hydrogens (tertiary/aromatic N) is 1. The average Bonchev–Trinajstić information content (AvgIpc) is 2.81. The van der Waals surface area contributed by atoms with E-state index in [2.05, 4.69) is 15.5 Å². The number of rotatable bonds is 2. The lowest BCUT2D eigenvalue weighted by Crippen LogP contribution is -2.31. The number of benzene rings is 1. The predicted octanol–water partition coefficient (Wildman–Crippen LogP) is 2.23. The Hall–Kier alpha value is -2.43. The van der Waals surface area contributed by atoms with E-state index < -0.39 is 0 Å². The Morgan fingerprint density at radius 1 is 1.35 bits per heavy atom. The van der Waals surface area contributed by atoms with Crippen LogP contribution in [0.15, 0.2) is 29.4 Å². The second-order valence-electron chi connectivity index (χ2n) is 5.18. The molecule has 2 heterocycles. The number of aromatic amines is 1. The van der Waals surface area contributed by atoms with Crippen molar-refractivity contribution < 1.29 is 9.59 Å². The molecule has 5 nitrogen and oxygen atoms in total. The average molecular weight is 269 g/mol. The van der Waals surface area contributed by atoms with E-state index in [0.717, 1.165) is 22.2 Å². The van der Waals surface area contributed by atoms with Crippen molar-refractivity contribution in [3.05, 3.63) is 35.5 Å². The molecular weight excluding hydrogens is 254 g/mol. The minimum Gasteiger partial charge on any atom is -0.352 e. The number of hydrogen-bond donors (Lipinski definition) is 2. The molecular formula is C15H15N3O2. The highest BCUT2D eigenvalue weighted by atomic mass is 16.2. The molecule has 1 aromatic heterocycles. The Kier molecular flexibility index (Phi) is 2.89. The molecule has 2 N–H and O–H groups in total. The van der Waals surface area contributed by atoms with Gasteiger partial charge in [0.2, 0.25) is 5.91 Å². The molecule has 0 aliphatic carbocycles. The number of fused-ring (bicyclic) bond motifs is 1. The summed E-state index contributed by atoms with van der Waals surface area (Å²) in [6, 6.07) is 7.72. The molecule has 1 unspecified atom stereocenters. The van der Waals surface area contributed by atoms with Crippen molar-refractivity contribution in [1.82, 2.24) is 10.4 Å². The van der Waals surface area contributed by atoms with Crippen molar-refractivity contribution in [2.45, 2.75) is 20.3 Å². The monoisotopic (exact) mass is 269 g/mol. The van der Waals surface area contributed by atoms with E-state index in [1.54, 1.807) is 0 Å². The van der Waals surface area contributed by atoms with Crippen molar-refractivity contribution in [3.63, 3.8) is 0 Å². The smallest absolute Gasteiger partial charge is 0.240 e. The third-order valence-electron chi connectivity index (χ3n) is 3.56. The van der Waals surface area contributed by atoms with Crippen LogP contribution in [0.5, 0.6) is 0 Å². The Balaban J connectivity index is 2.04. The van der Waals surface area contributed by atoms with Crippen LogP contribution < -0.4 is 5.43 Å². The Morgan fingerprint density at radius 3 is 2.85 bits per heavy atom. The molecule has 20 heavy (non-hydrogen) atoms. The first-order valence-corrected chi connectivity index (χ1v) is 6.55. The van der Waals surface area contributed by atoms with Crippen LogP contribution in [0.1, 0.15) is 36.3 Å². The molecule has 2 aromatic rings. The van der Waals surface area contributed by atoms with E-state index in [1.807, 2.05) is 31.2 Å². The van der Waals surface area contributed by atoms with Gasteiger partial charge in [-0.05, 0) is 23.8 Å². The van der Waals surface area contributed by atoms with Gasteiger partial charge in [-0.3, -0.25) is 9.59 Å². The minimum absolute atomic E-state index is 0.0124. The Bertz CT molecular complexity index is 743. The molecule has 0 saturated heterocycles. The maximum absolute atomic E-state index is 11.4. The van der Waals surface area contributed by atoms with Gasteiger partial charge in [-0.25, -0.2) is 5.43 Å². The molecule has 102 valence electrons. The molecule has 0 radical (unpaired) electrons. The molecule has 0 bridgehead atoms. The first kappa shape index (κ1) is 12.6. The van der Waals surface area contributed by atoms with E-state index in [9.17, 15) is 9.59 Å². The fourth-order valence-corrected chi connectivity index (χ4v) is 2.48. The summed E-state index contributed by atoms with van der Waals surface area (Å²) in [6.07, 6.45) is 0.447. The largest absolute Gasteiger partial charge is 0.352 e. The van der Waals surface area contributed by atoms with E-state index in [0.29, 0.717) is 12.1 Å². The van der Waals surface area contributed by atoms with Crippen LogP contribution in [0, 0.1) is 5.92 Å². The van der Waals surface area contributed by atoms with Crippen molar-refractivity contribution in [3.8, 4) is 0 Å². The van der Waals surface area contributed by atoms with E-state index in [1.165, 1.54) is 6.92 Å². The van der Waals surface area contributed by atoms with Gasteiger partial charge in [0.15, 0.2) is 5.78 Å². The van der Waals surface area contributed by atoms with Gasteiger partial charge >= 0.3 is 0 Å². The zero-order valence-electron chi connectivity index (χ0n) is 11.4. The van der Waals surface area contributed by atoms with Gasteiger partial charge in [-0.15, -0.1) is 0 Å². The summed E-state index contributed by atoms with van der Waals surface area (Å²) >= 11 is 0. The normalized spacial score (nSPS) is 18.8. The maximum Gasteiger partial charge on any atom is 0.240 e. The topological polar surface area (TPSA) is 74.3 Å². The lowest BCUT2D eigenvalue weighted by atomic mass is 9.93. The van der Waals surface area contributed by atoms with Crippen molar-refractivity contribution >= 4 is 28.3 Å². The van der Waals surface area contributed by atoms with Gasteiger partial charge in [-0.2, -0.15) is 5.10 Å². The van der Waals surface area contributed by atoms with E-state index in [-0.39, 0.29) is 17.6 Å². The summed E-state index contributed by atoms with van der Waals surface area (Å²) in [5.41, 5.74) is 5.89. The SMILES string of the molecule is CC(=O)c1cc2cc(C3=NNC(=O)CC3C)ccc2[nH]1. The molecule has 1 aromatic carbocycles. The second kappa shape index (κ2) is 4.59. The zero-order valence-corrected chi connectivity index (χ0v) is 11.4. The second-order valence-corrected chi connectivity index (χ2v) is 5.18. The van der Waals surface area contributed by atoms with Crippen LogP contribution in [-0.2, 0) is 4.79 Å². The van der Waals surface area contributed by atoms with Gasteiger partial charge < -0.3 is 4.98 Å². The van der Waals surface area contributed by atoms with Crippen LogP contribution in [0.3, 0.4) is 0 Å². The lowest BCUT2D eigenvalue weighted by Gasteiger charge is -2.19. The highest BCUT2D eigenvalue weighted by Crippen LogP contribution is 2.22. The van der Waals surface area contributed by atoms with Crippen LogP contribution in [-0.4, -0.2) is 22.4 Å². The molecule has 3 rings (SSSR count). The highest BCUT2D eigenvalue weighted by molar-refractivity contribution is 6.08. The number of Topliss-reactive ketones (excluding diaryl/α,β-unsaturated/α-hetero) is 1. The molecule has 0 saturated carbocycles. The molecule has 1 amide bonds. The van der Waals surface area contributed by atoms with Gasteiger partial charge in [0.1, 0.15) is 0 Å². The van der Waals surface area contributed by atoms with Gasteiger partial charge in [0.25, 0.3) is 0 Å². The first-order valence-electron chi connectivity index (χ1n) is 6.55. The fourth-order valence-electron chi connectivity index (χ4n) is 2.48. The van der Waals surface area contributed by atoms with Gasteiger partial charge in [-0.1, -0.05) is 13.0 Å². The highest BCUT2D eigenvalue weighted by Gasteiger charge is 2.21. The van der Waals surface area contributed by atoms with Crippen LogP contribution in [0.4, 0.5) is 0 Å². The summed E-state index contributed by atoms with van der Waals surface area (Å²) in [4.78, 5) is 25.8. The summed E-state index contributed by atoms with van der Waals surface area (Å²) in [5.74, 6) is 0.0497. The molecule has 0 spiro atoms. The minimum atomic E-state index is -0.0529. The molecule has 5 heteroatoms. The first-order chi connectivity index (χ1) is 9.54. The van der Waals surface area contributed by atoms with Crippen molar-refractivity contribution in [2.24, 2.45) is 11.0 Å². The third-order valence-corrected chi connectivity index (χ3v) is 3.56. The molecule has 0 fully saturated rings. The summed E-state index contributed by atoms with van der Waals surface area (Å²) in [6.45, 7) is 3.52. The standard InChI is InChI=1S/C15H15N3O2/c1-8-5-14(20)17-18-15(8)10-3-4-12-11(6-10)7-13(16-12)9(2)19/h3-4,6-8,16H,5H2,1-2H3,(H,17,20). The number of aromatic nitrogens is 1. The number of carbonyl (C=O) groups is 2. The lowest BCUT2D eigenvalue weighted by molar-refractivity contribution is -0.121.